The molecule has 0 radical (unpaired) electrons. The van der Waals surface area contributed by atoms with Crippen LogP contribution in [-0.2, 0) is 21.5 Å². The molecule has 3 rings (SSSR count). The van der Waals surface area contributed by atoms with Crippen LogP contribution in [0.4, 0.5) is 5.69 Å². The number of nitrogens with one attached hydrogen (secondary N) is 1. The summed E-state index contributed by atoms with van der Waals surface area (Å²) >= 11 is 1.59. The Hall–Kier alpha value is -2.10. The van der Waals surface area contributed by atoms with Crippen molar-refractivity contribution in [2.24, 2.45) is 5.92 Å². The molecule has 1 aliphatic rings. The second kappa shape index (κ2) is 10.3. The highest BCUT2D eigenvalue weighted by molar-refractivity contribution is 7.90. The summed E-state index contributed by atoms with van der Waals surface area (Å²) in [5.74, 6) is 0.273. The molecule has 2 heterocycles. The minimum atomic E-state index is -3.73. The monoisotopic (exact) mass is 451 g/mol. The van der Waals surface area contributed by atoms with Gasteiger partial charge in [0.25, 0.3) is 0 Å². The van der Waals surface area contributed by atoms with Crippen LogP contribution >= 0.6 is 11.3 Å². The molecule has 1 atom stereocenters. The Bertz CT molecular complexity index is 914. The van der Waals surface area contributed by atoms with Gasteiger partial charge in [0.05, 0.1) is 24.8 Å². The SMILES string of the molecule is CCOc1ccc(N(CC)S(=O)(=O)N2CCC[C@H](C(=O)NCc3cccs3)C2)cc1. The summed E-state index contributed by atoms with van der Waals surface area (Å²) in [5.41, 5.74) is 0.588. The molecule has 1 aliphatic heterocycles. The molecule has 0 unspecified atom stereocenters. The molecule has 2 aromatic rings. The van der Waals surface area contributed by atoms with Gasteiger partial charge >= 0.3 is 10.2 Å². The molecule has 164 valence electrons. The van der Waals surface area contributed by atoms with E-state index in [1.54, 1.807) is 35.6 Å². The third kappa shape index (κ3) is 5.33. The fourth-order valence-electron chi connectivity index (χ4n) is 3.59. The van der Waals surface area contributed by atoms with Crippen molar-refractivity contribution in [3.05, 3.63) is 46.7 Å². The van der Waals surface area contributed by atoms with Crippen LogP contribution in [0.15, 0.2) is 41.8 Å². The van der Waals surface area contributed by atoms with E-state index in [-0.39, 0.29) is 18.4 Å². The molecule has 1 N–H and O–H groups in total. The first-order valence-corrected chi connectivity index (χ1v) is 12.5. The molecule has 0 bridgehead atoms. The quantitative estimate of drug-likeness (QED) is 0.635. The highest BCUT2D eigenvalue weighted by atomic mass is 32.2. The molecule has 9 heteroatoms. The van der Waals surface area contributed by atoms with Crippen LogP contribution in [0, 0.1) is 5.92 Å². The molecule has 1 saturated heterocycles. The van der Waals surface area contributed by atoms with E-state index in [1.807, 2.05) is 31.4 Å². The average Bonchev–Trinajstić information content (AvgIpc) is 3.27. The third-order valence-corrected chi connectivity index (χ3v) is 7.99. The first-order chi connectivity index (χ1) is 14.5. The van der Waals surface area contributed by atoms with E-state index < -0.39 is 10.2 Å². The smallest absolute Gasteiger partial charge is 0.304 e. The van der Waals surface area contributed by atoms with Gasteiger partial charge in [0.1, 0.15) is 5.75 Å². The van der Waals surface area contributed by atoms with Crippen molar-refractivity contribution >= 4 is 33.1 Å². The number of piperidine rings is 1. The predicted octanol–water partition coefficient (Wildman–Crippen LogP) is 3.25. The summed E-state index contributed by atoms with van der Waals surface area (Å²) in [6, 6.07) is 11.0. The Morgan fingerprint density at radius 2 is 2.03 bits per heavy atom. The lowest BCUT2D eigenvalue weighted by molar-refractivity contribution is -0.126. The van der Waals surface area contributed by atoms with Crippen molar-refractivity contribution in [3.63, 3.8) is 0 Å². The van der Waals surface area contributed by atoms with Crippen LogP contribution in [-0.4, -0.2) is 44.9 Å². The molecule has 1 fully saturated rings. The molecule has 1 amide bonds. The van der Waals surface area contributed by atoms with Crippen LogP contribution < -0.4 is 14.4 Å². The molecule has 0 aliphatic carbocycles. The zero-order chi connectivity index (χ0) is 21.6. The highest BCUT2D eigenvalue weighted by Crippen LogP contribution is 2.27. The summed E-state index contributed by atoms with van der Waals surface area (Å²) in [6.45, 7) is 5.67. The molecule has 30 heavy (non-hydrogen) atoms. The number of carbonyl (C=O) groups is 1. The standard InChI is InChI=1S/C21H29N3O4S2/c1-3-24(18-9-11-19(12-10-18)28-4-2)30(26,27)23-13-5-7-17(16-23)21(25)22-15-20-8-6-14-29-20/h6,8-12,14,17H,3-5,7,13,15-16H2,1-2H3,(H,22,25)/t17-/m0/s1. The van der Waals surface area contributed by atoms with Crippen molar-refractivity contribution in [1.29, 1.82) is 0 Å². The Balaban J connectivity index is 1.68. The van der Waals surface area contributed by atoms with Crippen molar-refractivity contribution in [1.82, 2.24) is 9.62 Å². The maximum Gasteiger partial charge on any atom is 0.304 e. The number of hydrogen-bond donors (Lipinski definition) is 1. The first kappa shape index (κ1) is 22.6. The Kier molecular flexibility index (Phi) is 7.74. The zero-order valence-electron chi connectivity index (χ0n) is 17.4. The van der Waals surface area contributed by atoms with E-state index in [0.29, 0.717) is 50.5 Å². The third-order valence-electron chi connectivity index (χ3n) is 5.10. The van der Waals surface area contributed by atoms with E-state index in [4.69, 9.17) is 4.74 Å². The van der Waals surface area contributed by atoms with Gasteiger partial charge in [-0.05, 0) is 62.4 Å². The molecule has 1 aromatic carbocycles. The Labute approximate surface area is 182 Å². The van der Waals surface area contributed by atoms with Crippen LogP contribution in [0.2, 0.25) is 0 Å². The van der Waals surface area contributed by atoms with Crippen molar-refractivity contribution in [2.75, 3.05) is 30.5 Å². The molecular weight excluding hydrogens is 422 g/mol. The molecular formula is C21H29N3O4S2. The van der Waals surface area contributed by atoms with E-state index in [9.17, 15) is 13.2 Å². The number of ether oxygens (including phenoxy) is 1. The number of nitrogens with zero attached hydrogens (tertiary/aromatic N) is 2. The Morgan fingerprint density at radius 3 is 2.67 bits per heavy atom. The number of thiophene rings is 1. The fourth-order valence-corrected chi connectivity index (χ4v) is 5.96. The molecule has 0 spiro atoms. The van der Waals surface area contributed by atoms with Crippen LogP contribution in [0.5, 0.6) is 5.75 Å². The largest absolute Gasteiger partial charge is 0.494 e. The van der Waals surface area contributed by atoms with Crippen LogP contribution in [0.25, 0.3) is 0 Å². The van der Waals surface area contributed by atoms with E-state index in [1.165, 1.54) is 8.61 Å². The van der Waals surface area contributed by atoms with Crippen LogP contribution in [0.1, 0.15) is 31.6 Å². The van der Waals surface area contributed by atoms with Crippen molar-refractivity contribution < 1.29 is 17.9 Å². The number of rotatable bonds is 9. The summed E-state index contributed by atoms with van der Waals surface area (Å²) < 4.78 is 34.9. The van der Waals surface area contributed by atoms with Gasteiger partial charge in [-0.15, -0.1) is 11.3 Å². The number of carbonyl (C=O) groups excluding carboxylic acids is 1. The summed E-state index contributed by atoms with van der Waals surface area (Å²) in [4.78, 5) is 13.7. The molecule has 7 nitrogen and oxygen atoms in total. The maximum atomic E-state index is 13.3. The predicted molar refractivity (Wildman–Crippen MR) is 120 cm³/mol. The van der Waals surface area contributed by atoms with Crippen molar-refractivity contribution in [3.8, 4) is 5.75 Å². The lowest BCUT2D eigenvalue weighted by Gasteiger charge is -2.35. The second-order valence-electron chi connectivity index (χ2n) is 7.09. The number of anilines is 1. The van der Waals surface area contributed by atoms with Gasteiger partial charge in [0, 0.05) is 24.5 Å². The van der Waals surface area contributed by atoms with Gasteiger partial charge in [-0.2, -0.15) is 12.7 Å². The highest BCUT2D eigenvalue weighted by Gasteiger charge is 2.35. The van der Waals surface area contributed by atoms with Crippen molar-refractivity contribution in [2.45, 2.75) is 33.2 Å². The second-order valence-corrected chi connectivity index (χ2v) is 9.98. The minimum absolute atomic E-state index is 0.0904. The zero-order valence-corrected chi connectivity index (χ0v) is 19.0. The van der Waals surface area contributed by atoms with E-state index in [2.05, 4.69) is 5.32 Å². The lowest BCUT2D eigenvalue weighted by Crippen LogP contribution is -2.50. The lowest BCUT2D eigenvalue weighted by atomic mass is 9.99. The van der Waals surface area contributed by atoms with Gasteiger partial charge < -0.3 is 10.1 Å². The first-order valence-electron chi connectivity index (χ1n) is 10.3. The summed E-state index contributed by atoms with van der Waals surface area (Å²) in [7, 11) is -3.73. The maximum absolute atomic E-state index is 13.3. The van der Waals surface area contributed by atoms with Gasteiger partial charge in [-0.25, -0.2) is 0 Å². The van der Waals surface area contributed by atoms with Gasteiger partial charge in [-0.1, -0.05) is 6.07 Å². The number of hydrogen-bond acceptors (Lipinski definition) is 5. The number of amides is 1. The van der Waals surface area contributed by atoms with E-state index >= 15 is 0 Å². The van der Waals surface area contributed by atoms with Gasteiger partial charge in [0.2, 0.25) is 5.91 Å². The van der Waals surface area contributed by atoms with Crippen LogP contribution in [0.3, 0.4) is 0 Å². The number of benzene rings is 1. The Morgan fingerprint density at radius 1 is 1.27 bits per heavy atom. The normalized spacial score (nSPS) is 17.5. The minimum Gasteiger partial charge on any atom is -0.494 e. The molecule has 0 saturated carbocycles. The molecule has 1 aromatic heterocycles. The van der Waals surface area contributed by atoms with Gasteiger partial charge in [0.15, 0.2) is 0 Å². The average molecular weight is 452 g/mol. The topological polar surface area (TPSA) is 79.0 Å². The summed E-state index contributed by atoms with van der Waals surface area (Å²) in [6.07, 6.45) is 1.36. The fraction of sp³-hybridized carbons (Fsp3) is 0.476. The van der Waals surface area contributed by atoms with E-state index in [0.717, 1.165) is 4.88 Å². The summed E-state index contributed by atoms with van der Waals surface area (Å²) in [5, 5.41) is 4.91. The van der Waals surface area contributed by atoms with Gasteiger partial charge in [-0.3, -0.25) is 9.10 Å².